The summed E-state index contributed by atoms with van der Waals surface area (Å²) in [6.45, 7) is 4.75. The van der Waals surface area contributed by atoms with Crippen molar-refractivity contribution in [3.05, 3.63) is 157 Å². The van der Waals surface area contributed by atoms with Gasteiger partial charge in [0.05, 0.1) is 0 Å². The van der Waals surface area contributed by atoms with Gasteiger partial charge in [-0.25, -0.2) is 0 Å². The lowest BCUT2D eigenvalue weighted by atomic mass is 9.79. The van der Waals surface area contributed by atoms with Crippen molar-refractivity contribution in [3.8, 4) is 33.4 Å². The topological polar surface area (TPSA) is 0 Å². The van der Waals surface area contributed by atoms with Gasteiger partial charge in [-0.3, -0.25) is 0 Å². The van der Waals surface area contributed by atoms with E-state index in [9.17, 15) is 0 Å². The van der Waals surface area contributed by atoms with E-state index in [-0.39, 0.29) is 5.41 Å². The lowest BCUT2D eigenvalue weighted by molar-refractivity contribution is 0.666. The molecular weight excluding hydrogens is 516 g/mol. The van der Waals surface area contributed by atoms with Gasteiger partial charge in [-0.05, 0) is 93.7 Å². The van der Waals surface area contributed by atoms with Crippen LogP contribution in [0, 0.1) is 0 Å². The standard InChI is InChI=1S/C43H30/c1-43(2)39-19-11-10-14-32(39)38-25-24-31-30-22-21-29(26-28(30)20-23-37(31)42(38)43)41-35-17-8-6-15-33(35)40(27-12-4-3-5-13-27)34-16-7-9-18-36(34)41/h3-26H,1-2H3. The molecule has 0 unspecified atom stereocenters. The molecule has 0 saturated heterocycles. The Labute approximate surface area is 251 Å². The van der Waals surface area contributed by atoms with E-state index in [4.69, 9.17) is 0 Å². The molecule has 43 heavy (non-hydrogen) atoms. The molecule has 0 bridgehead atoms. The van der Waals surface area contributed by atoms with E-state index in [0.29, 0.717) is 0 Å². The van der Waals surface area contributed by atoms with Crippen LogP contribution in [0.25, 0.3) is 76.5 Å². The lowest BCUT2D eigenvalue weighted by Crippen LogP contribution is -2.15. The molecule has 0 heteroatoms. The molecule has 0 nitrogen and oxygen atoms in total. The second-order valence-electron chi connectivity index (χ2n) is 12.5. The van der Waals surface area contributed by atoms with Crippen molar-refractivity contribution in [2.75, 3.05) is 0 Å². The van der Waals surface area contributed by atoms with E-state index in [2.05, 4.69) is 159 Å². The Balaban J connectivity index is 1.30. The third kappa shape index (κ3) is 3.38. The van der Waals surface area contributed by atoms with Crippen LogP contribution in [0.4, 0.5) is 0 Å². The molecule has 8 aromatic rings. The van der Waals surface area contributed by atoms with Gasteiger partial charge in [0.25, 0.3) is 0 Å². The first kappa shape index (κ1) is 24.4. The van der Waals surface area contributed by atoms with E-state index in [1.165, 1.54) is 87.6 Å². The first-order valence-corrected chi connectivity index (χ1v) is 15.2. The minimum absolute atomic E-state index is 0.0304. The molecule has 0 heterocycles. The van der Waals surface area contributed by atoms with Crippen LogP contribution in [0.3, 0.4) is 0 Å². The maximum absolute atomic E-state index is 2.40. The minimum atomic E-state index is -0.0304. The summed E-state index contributed by atoms with van der Waals surface area (Å²) >= 11 is 0. The molecule has 0 radical (unpaired) electrons. The molecule has 0 aliphatic heterocycles. The Kier molecular flexibility index (Phi) is 5.05. The fraction of sp³-hybridized carbons (Fsp3) is 0.0698. The third-order valence-corrected chi connectivity index (χ3v) is 9.82. The highest BCUT2D eigenvalue weighted by Crippen LogP contribution is 2.52. The molecule has 9 rings (SSSR count). The van der Waals surface area contributed by atoms with Crippen molar-refractivity contribution < 1.29 is 0 Å². The number of fused-ring (bicyclic) bond motifs is 9. The van der Waals surface area contributed by atoms with Crippen molar-refractivity contribution >= 4 is 43.1 Å². The summed E-state index contributed by atoms with van der Waals surface area (Å²) in [6.07, 6.45) is 0. The second kappa shape index (κ2) is 8.90. The summed E-state index contributed by atoms with van der Waals surface area (Å²) < 4.78 is 0. The summed E-state index contributed by atoms with van der Waals surface area (Å²) in [7, 11) is 0. The Hall–Kier alpha value is -5.20. The maximum Gasteiger partial charge on any atom is 0.0165 e. The van der Waals surface area contributed by atoms with Gasteiger partial charge in [0.15, 0.2) is 0 Å². The zero-order valence-corrected chi connectivity index (χ0v) is 24.4. The monoisotopic (exact) mass is 546 g/mol. The molecule has 0 saturated carbocycles. The van der Waals surface area contributed by atoms with Crippen molar-refractivity contribution in [1.82, 2.24) is 0 Å². The van der Waals surface area contributed by atoms with Crippen LogP contribution in [-0.4, -0.2) is 0 Å². The summed E-state index contributed by atoms with van der Waals surface area (Å²) in [4.78, 5) is 0. The van der Waals surface area contributed by atoms with Gasteiger partial charge >= 0.3 is 0 Å². The molecule has 8 aromatic carbocycles. The van der Waals surface area contributed by atoms with Crippen molar-refractivity contribution in [2.24, 2.45) is 0 Å². The van der Waals surface area contributed by atoms with E-state index in [0.717, 1.165) is 0 Å². The fourth-order valence-electron chi connectivity index (χ4n) is 7.95. The third-order valence-electron chi connectivity index (χ3n) is 9.82. The summed E-state index contributed by atoms with van der Waals surface area (Å²) in [5.41, 5.74) is 10.7. The SMILES string of the molecule is CC1(C)c2ccccc2-c2ccc3c(ccc4cc(-c5c6ccccc6c(-c6ccccc6)c6ccccc56)ccc43)c21. The Morgan fingerprint density at radius 1 is 0.372 bits per heavy atom. The molecular formula is C43H30. The first-order valence-electron chi connectivity index (χ1n) is 15.2. The van der Waals surface area contributed by atoms with Crippen LogP contribution in [0.15, 0.2) is 146 Å². The van der Waals surface area contributed by atoms with Gasteiger partial charge in [-0.15, -0.1) is 0 Å². The average Bonchev–Trinajstić information content (AvgIpc) is 3.30. The van der Waals surface area contributed by atoms with Gasteiger partial charge in [0.1, 0.15) is 0 Å². The largest absolute Gasteiger partial charge is 0.0622 e. The lowest BCUT2D eigenvalue weighted by Gasteiger charge is -2.23. The predicted molar refractivity (Wildman–Crippen MR) is 185 cm³/mol. The van der Waals surface area contributed by atoms with Crippen molar-refractivity contribution in [1.29, 1.82) is 0 Å². The molecule has 0 fully saturated rings. The van der Waals surface area contributed by atoms with Crippen molar-refractivity contribution in [3.63, 3.8) is 0 Å². The van der Waals surface area contributed by atoms with Gasteiger partial charge in [0, 0.05) is 5.41 Å². The van der Waals surface area contributed by atoms with E-state index in [1.54, 1.807) is 0 Å². The van der Waals surface area contributed by atoms with Crippen LogP contribution < -0.4 is 0 Å². The van der Waals surface area contributed by atoms with Crippen LogP contribution >= 0.6 is 0 Å². The van der Waals surface area contributed by atoms with E-state index in [1.807, 2.05) is 0 Å². The van der Waals surface area contributed by atoms with Gasteiger partial charge in [-0.1, -0.05) is 153 Å². The quantitative estimate of drug-likeness (QED) is 0.149. The zero-order valence-electron chi connectivity index (χ0n) is 24.4. The fourth-order valence-corrected chi connectivity index (χ4v) is 7.95. The predicted octanol–water partition coefficient (Wildman–Crippen LogP) is 11.9. The Morgan fingerprint density at radius 3 is 1.63 bits per heavy atom. The highest BCUT2D eigenvalue weighted by atomic mass is 14.4. The minimum Gasteiger partial charge on any atom is -0.0622 e. The molecule has 0 aromatic heterocycles. The molecule has 0 atom stereocenters. The number of benzene rings is 8. The van der Waals surface area contributed by atoms with Crippen LogP contribution in [0.1, 0.15) is 25.0 Å². The maximum atomic E-state index is 2.40. The second-order valence-corrected chi connectivity index (χ2v) is 12.5. The molecule has 202 valence electrons. The van der Waals surface area contributed by atoms with Crippen LogP contribution in [0.2, 0.25) is 0 Å². The summed E-state index contributed by atoms with van der Waals surface area (Å²) in [6, 6.07) is 54.0. The van der Waals surface area contributed by atoms with E-state index < -0.39 is 0 Å². The average molecular weight is 547 g/mol. The van der Waals surface area contributed by atoms with Gasteiger partial charge in [0.2, 0.25) is 0 Å². The van der Waals surface area contributed by atoms with Crippen LogP contribution in [0.5, 0.6) is 0 Å². The molecule has 0 amide bonds. The van der Waals surface area contributed by atoms with E-state index >= 15 is 0 Å². The number of hydrogen-bond donors (Lipinski definition) is 0. The summed E-state index contributed by atoms with van der Waals surface area (Å²) in [5, 5.41) is 10.4. The Bertz CT molecular complexity index is 2350. The summed E-state index contributed by atoms with van der Waals surface area (Å²) in [5.74, 6) is 0. The number of rotatable bonds is 2. The zero-order chi connectivity index (χ0) is 28.7. The molecule has 0 N–H and O–H groups in total. The highest BCUT2D eigenvalue weighted by Gasteiger charge is 2.36. The number of hydrogen-bond acceptors (Lipinski definition) is 0. The van der Waals surface area contributed by atoms with Gasteiger partial charge in [-0.2, -0.15) is 0 Å². The highest BCUT2D eigenvalue weighted by molar-refractivity contribution is 6.22. The smallest absolute Gasteiger partial charge is 0.0165 e. The first-order chi connectivity index (χ1) is 21.1. The molecule has 0 spiro atoms. The van der Waals surface area contributed by atoms with Gasteiger partial charge < -0.3 is 0 Å². The Morgan fingerprint density at radius 2 is 0.930 bits per heavy atom. The molecule has 1 aliphatic rings. The normalized spacial score (nSPS) is 13.5. The van der Waals surface area contributed by atoms with Crippen LogP contribution in [-0.2, 0) is 5.41 Å². The molecule has 1 aliphatic carbocycles. The van der Waals surface area contributed by atoms with Crippen molar-refractivity contribution in [2.45, 2.75) is 19.3 Å².